The number of alkyl halides is 1. The molecule has 4 nitrogen and oxygen atoms in total. The minimum Gasteiger partial charge on any atom is -0.389 e. The Balaban J connectivity index is 2.35. The molecule has 1 heterocycles. The van der Waals surface area contributed by atoms with Crippen LogP contribution in [0.2, 0.25) is 5.02 Å². The monoisotopic (exact) mass is 330 g/mol. The van der Waals surface area contributed by atoms with Crippen molar-refractivity contribution in [2.45, 2.75) is 12.2 Å². The van der Waals surface area contributed by atoms with E-state index in [0.29, 0.717) is 21.6 Å². The molecule has 96 valence electrons. The van der Waals surface area contributed by atoms with Crippen LogP contribution in [0.4, 0.5) is 0 Å². The molecule has 3 N–H and O–H groups in total. The quantitative estimate of drug-likeness (QED) is 0.754. The van der Waals surface area contributed by atoms with E-state index >= 15 is 0 Å². The predicted molar refractivity (Wildman–Crippen MR) is 73.8 cm³/mol. The van der Waals surface area contributed by atoms with Gasteiger partial charge in [0.15, 0.2) is 0 Å². The molecule has 0 fully saturated rings. The van der Waals surface area contributed by atoms with Crippen molar-refractivity contribution in [3.8, 4) is 11.3 Å². The van der Waals surface area contributed by atoms with Gasteiger partial charge in [-0.1, -0.05) is 39.7 Å². The van der Waals surface area contributed by atoms with Crippen molar-refractivity contribution in [1.29, 1.82) is 0 Å². The molecule has 0 spiro atoms. The summed E-state index contributed by atoms with van der Waals surface area (Å²) in [7, 11) is 0. The maximum Gasteiger partial charge on any atom is 0.109 e. The maximum atomic E-state index is 10.0. The fourth-order valence-corrected chi connectivity index (χ4v) is 2.14. The number of H-pyrrole nitrogens is 1. The lowest BCUT2D eigenvalue weighted by Crippen LogP contribution is -2.19. The van der Waals surface area contributed by atoms with Gasteiger partial charge < -0.3 is 10.2 Å². The molecule has 2 rings (SSSR count). The molecule has 0 saturated heterocycles. The summed E-state index contributed by atoms with van der Waals surface area (Å²) in [4.78, 5) is 0. The van der Waals surface area contributed by atoms with Crippen LogP contribution >= 0.6 is 27.5 Å². The Kier molecular flexibility index (Phi) is 4.40. The molecule has 1 aromatic carbocycles. The number of benzene rings is 1. The van der Waals surface area contributed by atoms with Crippen LogP contribution in [0.25, 0.3) is 11.3 Å². The average Bonchev–Trinajstić information content (AvgIpc) is 2.87. The first kappa shape index (κ1) is 13.5. The zero-order valence-electron chi connectivity index (χ0n) is 9.35. The highest BCUT2D eigenvalue weighted by Gasteiger charge is 2.22. The second-order valence-electron chi connectivity index (χ2n) is 3.87. The molecule has 0 saturated carbocycles. The van der Waals surface area contributed by atoms with E-state index in [0.717, 1.165) is 5.56 Å². The fourth-order valence-electron chi connectivity index (χ4n) is 1.66. The Morgan fingerprint density at radius 1 is 1.28 bits per heavy atom. The van der Waals surface area contributed by atoms with Crippen LogP contribution in [0, 0.1) is 0 Å². The van der Waals surface area contributed by atoms with Crippen LogP contribution in [-0.2, 0) is 0 Å². The highest BCUT2D eigenvalue weighted by atomic mass is 79.9. The van der Waals surface area contributed by atoms with Gasteiger partial charge in [0.05, 0.1) is 18.0 Å². The van der Waals surface area contributed by atoms with E-state index in [-0.39, 0.29) is 0 Å². The summed E-state index contributed by atoms with van der Waals surface area (Å²) < 4.78 is 0. The molecule has 0 amide bonds. The normalized spacial score (nSPS) is 14.4. The largest absolute Gasteiger partial charge is 0.389 e. The van der Waals surface area contributed by atoms with Crippen molar-refractivity contribution >= 4 is 27.5 Å². The molecular weight excluding hydrogens is 320 g/mol. The summed E-state index contributed by atoms with van der Waals surface area (Å²) in [6, 6.07) is 7.17. The average molecular weight is 332 g/mol. The van der Waals surface area contributed by atoms with Crippen molar-refractivity contribution in [3.63, 3.8) is 0 Å². The summed E-state index contributed by atoms with van der Waals surface area (Å²) in [5.41, 5.74) is 2.09. The van der Waals surface area contributed by atoms with Gasteiger partial charge in [0, 0.05) is 21.5 Å². The van der Waals surface area contributed by atoms with Crippen molar-refractivity contribution in [2.75, 3.05) is 5.33 Å². The lowest BCUT2D eigenvalue weighted by atomic mass is 10.0. The van der Waals surface area contributed by atoms with Gasteiger partial charge in [0.1, 0.15) is 6.10 Å². The van der Waals surface area contributed by atoms with Gasteiger partial charge in [0.25, 0.3) is 0 Å². The molecule has 1 aromatic heterocycles. The number of aromatic nitrogens is 2. The van der Waals surface area contributed by atoms with E-state index in [1.165, 1.54) is 6.20 Å². The van der Waals surface area contributed by atoms with E-state index in [1.807, 2.05) is 12.1 Å². The summed E-state index contributed by atoms with van der Waals surface area (Å²) in [6.45, 7) is 0. The summed E-state index contributed by atoms with van der Waals surface area (Å²) in [6.07, 6.45) is -0.358. The second-order valence-corrected chi connectivity index (χ2v) is 4.96. The number of aliphatic hydroxyl groups excluding tert-OH is 2. The zero-order valence-corrected chi connectivity index (χ0v) is 11.7. The topological polar surface area (TPSA) is 69.1 Å². The minimum absolute atomic E-state index is 0.291. The Bertz CT molecular complexity index is 515. The molecule has 18 heavy (non-hydrogen) atoms. The fraction of sp³-hybridized carbons (Fsp3) is 0.250. The number of halogens is 2. The van der Waals surface area contributed by atoms with Crippen molar-refractivity contribution in [3.05, 3.63) is 41.0 Å². The third kappa shape index (κ3) is 2.75. The predicted octanol–water partition coefficient (Wildman–Crippen LogP) is 2.52. The van der Waals surface area contributed by atoms with Crippen LogP contribution in [0.1, 0.15) is 11.7 Å². The number of hydrogen-bond donors (Lipinski definition) is 3. The summed E-state index contributed by atoms with van der Waals surface area (Å²) >= 11 is 8.96. The Morgan fingerprint density at radius 3 is 2.56 bits per heavy atom. The van der Waals surface area contributed by atoms with E-state index in [9.17, 15) is 10.2 Å². The van der Waals surface area contributed by atoms with Crippen molar-refractivity contribution in [2.24, 2.45) is 0 Å². The minimum atomic E-state index is -0.992. The van der Waals surface area contributed by atoms with Crippen LogP contribution in [-0.4, -0.2) is 31.8 Å². The van der Waals surface area contributed by atoms with Gasteiger partial charge in [-0.3, -0.25) is 5.10 Å². The van der Waals surface area contributed by atoms with Crippen LogP contribution in [0.3, 0.4) is 0 Å². The Hall–Kier alpha value is -0.880. The number of hydrogen-bond acceptors (Lipinski definition) is 3. The SMILES string of the molecule is OC(CBr)C(O)c1cn[nH]c1-c1ccc(Cl)cc1. The third-order valence-electron chi connectivity index (χ3n) is 2.64. The van der Waals surface area contributed by atoms with E-state index in [4.69, 9.17) is 11.6 Å². The van der Waals surface area contributed by atoms with Crippen molar-refractivity contribution in [1.82, 2.24) is 10.2 Å². The van der Waals surface area contributed by atoms with E-state index in [1.54, 1.807) is 12.1 Å². The van der Waals surface area contributed by atoms with Crippen molar-refractivity contribution < 1.29 is 10.2 Å². The first-order valence-electron chi connectivity index (χ1n) is 5.34. The van der Waals surface area contributed by atoms with Gasteiger partial charge in [-0.15, -0.1) is 0 Å². The van der Waals surface area contributed by atoms with E-state index < -0.39 is 12.2 Å². The highest BCUT2D eigenvalue weighted by Crippen LogP contribution is 2.29. The Morgan fingerprint density at radius 2 is 1.94 bits per heavy atom. The van der Waals surface area contributed by atoms with Gasteiger partial charge in [-0.25, -0.2) is 0 Å². The van der Waals surface area contributed by atoms with Crippen LogP contribution in [0.15, 0.2) is 30.5 Å². The molecule has 6 heteroatoms. The van der Waals surface area contributed by atoms with Crippen LogP contribution in [0.5, 0.6) is 0 Å². The molecule has 0 aliphatic heterocycles. The number of aromatic amines is 1. The van der Waals surface area contributed by atoms with E-state index in [2.05, 4.69) is 26.1 Å². The molecule has 0 bridgehead atoms. The first-order chi connectivity index (χ1) is 8.63. The lowest BCUT2D eigenvalue weighted by molar-refractivity contribution is 0.0346. The van der Waals surface area contributed by atoms with Gasteiger partial charge >= 0.3 is 0 Å². The van der Waals surface area contributed by atoms with Gasteiger partial charge in [-0.05, 0) is 12.1 Å². The van der Waals surface area contributed by atoms with Crippen LogP contribution < -0.4 is 0 Å². The lowest BCUT2D eigenvalue weighted by Gasteiger charge is -2.15. The molecule has 0 aliphatic rings. The Labute approximate surface area is 118 Å². The number of aliphatic hydroxyl groups is 2. The number of nitrogens with zero attached hydrogens (tertiary/aromatic N) is 1. The summed E-state index contributed by atoms with van der Waals surface area (Å²) in [5, 5.41) is 27.3. The standard InChI is InChI=1S/C12H12BrClN2O2/c13-5-10(17)12(18)9-6-15-16-11(9)7-1-3-8(14)4-2-7/h1-4,6,10,12,17-18H,5H2,(H,15,16). The number of rotatable bonds is 4. The molecule has 2 atom stereocenters. The molecule has 0 aliphatic carbocycles. The zero-order chi connectivity index (χ0) is 13.1. The molecular formula is C12H12BrClN2O2. The molecule has 2 aromatic rings. The van der Waals surface area contributed by atoms with Gasteiger partial charge in [0.2, 0.25) is 0 Å². The third-order valence-corrected chi connectivity index (χ3v) is 3.56. The second kappa shape index (κ2) is 5.84. The number of nitrogens with one attached hydrogen (secondary N) is 1. The summed E-state index contributed by atoms with van der Waals surface area (Å²) in [5.74, 6) is 0. The first-order valence-corrected chi connectivity index (χ1v) is 6.84. The molecule has 2 unspecified atom stereocenters. The maximum absolute atomic E-state index is 10.0. The molecule has 0 radical (unpaired) electrons. The smallest absolute Gasteiger partial charge is 0.109 e. The highest BCUT2D eigenvalue weighted by molar-refractivity contribution is 9.09. The van der Waals surface area contributed by atoms with Gasteiger partial charge in [-0.2, -0.15) is 5.10 Å².